The first-order valence-electron chi connectivity index (χ1n) is 4.88. The third kappa shape index (κ3) is 1.81. The van der Waals surface area contributed by atoms with E-state index in [1.165, 1.54) is 12.1 Å². The van der Waals surface area contributed by atoms with Crippen LogP contribution in [0.4, 0.5) is 4.39 Å². The molecule has 0 aliphatic rings. The van der Waals surface area contributed by atoms with E-state index in [1.807, 2.05) is 13.0 Å². The molecular formula is C11H12FN3O. The predicted octanol–water partition coefficient (Wildman–Crippen LogP) is 1.42. The summed E-state index contributed by atoms with van der Waals surface area (Å²) in [5, 5.41) is 16.7. The number of nitrogens with zero attached hydrogens (tertiary/aromatic N) is 3. The van der Waals surface area contributed by atoms with E-state index < -0.39 is 0 Å². The molecule has 2 rings (SSSR count). The van der Waals surface area contributed by atoms with Crippen molar-refractivity contribution in [3.05, 3.63) is 35.4 Å². The van der Waals surface area contributed by atoms with Crippen molar-refractivity contribution >= 4 is 0 Å². The van der Waals surface area contributed by atoms with Gasteiger partial charge in [0.05, 0.1) is 0 Å². The molecule has 0 aliphatic heterocycles. The number of benzene rings is 1. The van der Waals surface area contributed by atoms with Crippen LogP contribution in [0.1, 0.15) is 11.4 Å². The highest BCUT2D eigenvalue weighted by Gasteiger charge is 2.10. The Hall–Kier alpha value is -1.75. The van der Waals surface area contributed by atoms with E-state index in [-0.39, 0.29) is 12.4 Å². The molecule has 4 nitrogen and oxygen atoms in total. The van der Waals surface area contributed by atoms with Gasteiger partial charge in [0.15, 0.2) is 11.6 Å². The lowest BCUT2D eigenvalue weighted by atomic mass is 10.1. The molecule has 0 spiro atoms. The molecule has 0 radical (unpaired) electrons. The van der Waals surface area contributed by atoms with Gasteiger partial charge in [0.25, 0.3) is 0 Å². The van der Waals surface area contributed by atoms with Crippen molar-refractivity contribution in [2.45, 2.75) is 13.5 Å². The quantitative estimate of drug-likeness (QED) is 0.834. The summed E-state index contributed by atoms with van der Waals surface area (Å²) in [6, 6.07) is 4.68. The Morgan fingerprint density at radius 2 is 2.06 bits per heavy atom. The van der Waals surface area contributed by atoms with Crippen molar-refractivity contribution in [2.75, 3.05) is 0 Å². The highest BCUT2D eigenvalue weighted by Crippen LogP contribution is 2.20. The van der Waals surface area contributed by atoms with Gasteiger partial charge < -0.3 is 9.67 Å². The Bertz CT molecular complexity index is 502. The average molecular weight is 221 g/mol. The van der Waals surface area contributed by atoms with Gasteiger partial charge in [0.1, 0.15) is 12.4 Å². The first-order chi connectivity index (χ1) is 7.61. The second-order valence-corrected chi connectivity index (χ2v) is 3.67. The first kappa shape index (κ1) is 10.8. The van der Waals surface area contributed by atoms with Crippen LogP contribution in [0.3, 0.4) is 0 Å². The Morgan fingerprint density at radius 1 is 1.31 bits per heavy atom. The van der Waals surface area contributed by atoms with E-state index in [4.69, 9.17) is 5.11 Å². The van der Waals surface area contributed by atoms with Gasteiger partial charge in [0.2, 0.25) is 0 Å². The molecule has 0 fully saturated rings. The lowest BCUT2D eigenvalue weighted by Crippen LogP contribution is -1.99. The van der Waals surface area contributed by atoms with Crippen molar-refractivity contribution in [1.82, 2.24) is 14.8 Å². The van der Waals surface area contributed by atoms with Crippen LogP contribution < -0.4 is 0 Å². The molecule has 1 aromatic carbocycles. The zero-order valence-electron chi connectivity index (χ0n) is 9.11. The minimum absolute atomic E-state index is 0.183. The summed E-state index contributed by atoms with van der Waals surface area (Å²) >= 11 is 0. The Balaban J connectivity index is 2.54. The highest BCUT2D eigenvalue weighted by molar-refractivity contribution is 5.56. The molecule has 1 N–H and O–H groups in total. The SMILES string of the molecule is Cc1cc(F)cc(-c2nnc(CO)n2C)c1. The predicted molar refractivity (Wildman–Crippen MR) is 57.1 cm³/mol. The standard InChI is InChI=1S/C11H12FN3O/c1-7-3-8(5-9(12)4-7)11-14-13-10(6-16)15(11)2/h3-5,16H,6H2,1-2H3. The minimum Gasteiger partial charge on any atom is -0.388 e. The summed E-state index contributed by atoms with van der Waals surface area (Å²) in [5.41, 5.74) is 1.48. The van der Waals surface area contributed by atoms with Crippen LogP contribution in [0.2, 0.25) is 0 Å². The number of aliphatic hydroxyl groups excluding tert-OH is 1. The van der Waals surface area contributed by atoms with Crippen LogP contribution in [-0.4, -0.2) is 19.9 Å². The smallest absolute Gasteiger partial charge is 0.163 e. The number of hydrogen-bond acceptors (Lipinski definition) is 3. The van der Waals surface area contributed by atoms with E-state index >= 15 is 0 Å². The number of rotatable bonds is 2. The second-order valence-electron chi connectivity index (χ2n) is 3.67. The van der Waals surface area contributed by atoms with E-state index in [0.29, 0.717) is 17.2 Å². The van der Waals surface area contributed by atoms with Gasteiger partial charge in [-0.3, -0.25) is 0 Å². The molecule has 0 saturated heterocycles. The Labute approximate surface area is 92.4 Å². The molecule has 16 heavy (non-hydrogen) atoms. The number of aliphatic hydroxyl groups is 1. The Kier molecular flexibility index (Phi) is 2.70. The van der Waals surface area contributed by atoms with Crippen molar-refractivity contribution in [2.24, 2.45) is 7.05 Å². The molecule has 0 amide bonds. The summed E-state index contributed by atoms with van der Waals surface area (Å²) < 4.78 is 14.9. The van der Waals surface area contributed by atoms with Gasteiger partial charge in [0, 0.05) is 12.6 Å². The summed E-state index contributed by atoms with van der Waals surface area (Å²) in [7, 11) is 1.74. The maximum absolute atomic E-state index is 13.2. The van der Waals surface area contributed by atoms with Crippen LogP contribution in [0.25, 0.3) is 11.4 Å². The van der Waals surface area contributed by atoms with Gasteiger partial charge in [-0.05, 0) is 30.7 Å². The maximum Gasteiger partial charge on any atom is 0.163 e. The molecule has 2 aromatic rings. The zero-order chi connectivity index (χ0) is 11.7. The van der Waals surface area contributed by atoms with E-state index in [1.54, 1.807) is 11.6 Å². The van der Waals surface area contributed by atoms with Crippen LogP contribution in [0, 0.1) is 12.7 Å². The van der Waals surface area contributed by atoms with E-state index in [9.17, 15) is 4.39 Å². The Morgan fingerprint density at radius 3 is 2.62 bits per heavy atom. The monoisotopic (exact) mass is 221 g/mol. The molecule has 1 aromatic heterocycles. The third-order valence-electron chi connectivity index (χ3n) is 2.41. The molecule has 0 unspecified atom stereocenters. The third-order valence-corrected chi connectivity index (χ3v) is 2.41. The second kappa shape index (κ2) is 4.02. The van der Waals surface area contributed by atoms with Gasteiger partial charge >= 0.3 is 0 Å². The minimum atomic E-state index is -0.302. The zero-order valence-corrected chi connectivity index (χ0v) is 9.11. The van der Waals surface area contributed by atoms with Gasteiger partial charge in [-0.15, -0.1) is 10.2 Å². The fraction of sp³-hybridized carbons (Fsp3) is 0.273. The fourth-order valence-corrected chi connectivity index (χ4v) is 1.62. The fourth-order valence-electron chi connectivity index (χ4n) is 1.62. The topological polar surface area (TPSA) is 50.9 Å². The number of halogens is 1. The molecule has 0 saturated carbocycles. The molecule has 84 valence electrons. The number of aryl methyl sites for hydroxylation is 1. The summed E-state index contributed by atoms with van der Waals surface area (Å²) in [4.78, 5) is 0. The van der Waals surface area contributed by atoms with E-state index in [2.05, 4.69) is 10.2 Å². The van der Waals surface area contributed by atoms with Gasteiger partial charge in [-0.1, -0.05) is 0 Å². The lowest BCUT2D eigenvalue weighted by molar-refractivity contribution is 0.267. The summed E-state index contributed by atoms with van der Waals surface area (Å²) in [6.45, 7) is 1.63. The van der Waals surface area contributed by atoms with Crippen LogP contribution in [0.15, 0.2) is 18.2 Å². The highest BCUT2D eigenvalue weighted by atomic mass is 19.1. The van der Waals surface area contributed by atoms with Gasteiger partial charge in [-0.2, -0.15) is 0 Å². The number of aromatic nitrogens is 3. The first-order valence-corrected chi connectivity index (χ1v) is 4.88. The summed E-state index contributed by atoms with van der Waals surface area (Å²) in [6.07, 6.45) is 0. The van der Waals surface area contributed by atoms with Crippen LogP contribution in [-0.2, 0) is 13.7 Å². The summed E-state index contributed by atoms with van der Waals surface area (Å²) in [5.74, 6) is 0.701. The van der Waals surface area contributed by atoms with Crippen LogP contribution in [0.5, 0.6) is 0 Å². The molecule has 5 heteroatoms. The van der Waals surface area contributed by atoms with Crippen molar-refractivity contribution in [3.63, 3.8) is 0 Å². The van der Waals surface area contributed by atoms with Crippen molar-refractivity contribution in [1.29, 1.82) is 0 Å². The largest absolute Gasteiger partial charge is 0.388 e. The average Bonchev–Trinajstić information content (AvgIpc) is 2.58. The molecule has 0 aliphatic carbocycles. The lowest BCUT2D eigenvalue weighted by Gasteiger charge is -2.03. The molecular weight excluding hydrogens is 209 g/mol. The normalized spacial score (nSPS) is 10.8. The van der Waals surface area contributed by atoms with E-state index in [0.717, 1.165) is 5.56 Å². The van der Waals surface area contributed by atoms with Crippen molar-refractivity contribution in [3.8, 4) is 11.4 Å². The molecule has 0 atom stereocenters. The molecule has 1 heterocycles. The van der Waals surface area contributed by atoms with Crippen LogP contribution >= 0.6 is 0 Å². The maximum atomic E-state index is 13.2. The van der Waals surface area contributed by atoms with Gasteiger partial charge in [-0.25, -0.2) is 4.39 Å². The molecule has 0 bridgehead atoms. The van der Waals surface area contributed by atoms with Crippen molar-refractivity contribution < 1.29 is 9.50 Å². The number of hydrogen-bond donors (Lipinski definition) is 1.